The average molecular weight is 651 g/mol. The number of esters is 1. The Hall–Kier alpha value is -6.15. The maximum absolute atomic E-state index is 13.6. The molecular weight excluding hydrogens is 612 g/mol. The molecule has 3 aromatic carbocycles. The van der Waals surface area contributed by atoms with Gasteiger partial charge >= 0.3 is 5.97 Å². The third kappa shape index (κ3) is 9.20. The number of anilines is 3. The first-order valence-corrected chi connectivity index (χ1v) is 15.0. The smallest absolute Gasteiger partial charge is 0.342 e. The minimum absolute atomic E-state index is 0.0254. The highest BCUT2D eigenvalue weighted by molar-refractivity contribution is 6.09. The number of rotatable bonds is 16. The lowest BCUT2D eigenvalue weighted by Gasteiger charge is -2.19. The minimum Gasteiger partial charge on any atom is -0.488 e. The van der Waals surface area contributed by atoms with E-state index in [9.17, 15) is 19.2 Å². The summed E-state index contributed by atoms with van der Waals surface area (Å²) < 4.78 is 16.8. The van der Waals surface area contributed by atoms with Gasteiger partial charge < -0.3 is 35.0 Å². The van der Waals surface area contributed by atoms with Crippen LogP contribution in [-0.2, 0) is 9.53 Å². The van der Waals surface area contributed by atoms with E-state index in [0.717, 1.165) is 0 Å². The van der Waals surface area contributed by atoms with Crippen LogP contribution in [-0.4, -0.2) is 50.1 Å². The number of ether oxygens (including phenoxy) is 3. The van der Waals surface area contributed by atoms with Crippen molar-refractivity contribution in [2.75, 3.05) is 42.3 Å². The van der Waals surface area contributed by atoms with Crippen molar-refractivity contribution >= 4 is 40.8 Å². The second-order valence-corrected chi connectivity index (χ2v) is 10.5. The third-order valence-electron chi connectivity index (χ3n) is 7.02. The van der Waals surface area contributed by atoms with Crippen LogP contribution in [0.15, 0.2) is 86.5 Å². The zero-order valence-corrected chi connectivity index (χ0v) is 27.2. The molecule has 248 valence electrons. The van der Waals surface area contributed by atoms with E-state index >= 15 is 0 Å². The Kier molecular flexibility index (Phi) is 13.3. The highest BCUT2D eigenvalue weighted by Crippen LogP contribution is 2.34. The molecule has 3 aromatic rings. The maximum atomic E-state index is 13.6. The molecule has 0 spiro atoms. The molecule has 11 heteroatoms. The van der Waals surface area contributed by atoms with Gasteiger partial charge in [0, 0.05) is 33.8 Å². The van der Waals surface area contributed by atoms with Crippen LogP contribution in [0.2, 0.25) is 0 Å². The van der Waals surface area contributed by atoms with Crippen LogP contribution < -0.4 is 25.4 Å². The number of benzene rings is 3. The van der Waals surface area contributed by atoms with Crippen molar-refractivity contribution in [1.82, 2.24) is 0 Å². The van der Waals surface area contributed by atoms with Gasteiger partial charge in [-0.25, -0.2) is 11.4 Å². The molecule has 3 N–H and O–H groups in total. The molecule has 0 bridgehead atoms. The molecular formula is C37H38N4O7. The molecule has 3 rings (SSSR count). The zero-order chi connectivity index (χ0) is 35.2. The normalized spacial score (nSPS) is 10.8. The monoisotopic (exact) mass is 650 g/mol. The summed E-state index contributed by atoms with van der Waals surface area (Å²) in [6.45, 7) is 23.2. The largest absolute Gasteiger partial charge is 0.488 e. The van der Waals surface area contributed by atoms with E-state index in [4.69, 9.17) is 20.8 Å². The van der Waals surface area contributed by atoms with Crippen molar-refractivity contribution in [3.8, 4) is 11.5 Å². The Morgan fingerprint density at radius 1 is 0.750 bits per heavy atom. The van der Waals surface area contributed by atoms with Gasteiger partial charge in [0.2, 0.25) is 12.5 Å². The molecule has 0 unspecified atom stereocenters. The summed E-state index contributed by atoms with van der Waals surface area (Å²) in [5.41, 5.74) is 3.02. The van der Waals surface area contributed by atoms with E-state index in [0.29, 0.717) is 33.8 Å². The van der Waals surface area contributed by atoms with Crippen LogP contribution in [0.5, 0.6) is 11.5 Å². The molecule has 0 aliphatic carbocycles. The van der Waals surface area contributed by atoms with Crippen molar-refractivity contribution < 1.29 is 33.4 Å². The molecule has 0 aromatic heterocycles. The molecule has 0 radical (unpaired) electrons. The Bertz CT molecular complexity index is 1760. The summed E-state index contributed by atoms with van der Waals surface area (Å²) in [5, 5.41) is 8.45. The highest BCUT2D eigenvalue weighted by atomic mass is 16.5. The van der Waals surface area contributed by atoms with Gasteiger partial charge in [-0.2, -0.15) is 0 Å². The first kappa shape index (κ1) is 36.3. The Morgan fingerprint density at radius 2 is 1.27 bits per heavy atom. The van der Waals surface area contributed by atoms with E-state index in [1.807, 2.05) is 0 Å². The van der Waals surface area contributed by atoms with E-state index in [-0.39, 0.29) is 54.9 Å². The third-order valence-corrected chi connectivity index (χ3v) is 7.02. The van der Waals surface area contributed by atoms with Gasteiger partial charge in [0.1, 0.15) is 42.8 Å². The minimum atomic E-state index is -0.603. The topological polar surface area (TPSA) is 136 Å². The van der Waals surface area contributed by atoms with Crippen LogP contribution in [0.4, 0.5) is 17.1 Å². The van der Waals surface area contributed by atoms with Crippen molar-refractivity contribution in [3.63, 3.8) is 0 Å². The molecule has 48 heavy (non-hydrogen) atoms. The fraction of sp³-hybridized carbons (Fsp3) is 0.216. The number of hydrogen-bond acceptors (Lipinski definition) is 7. The highest BCUT2D eigenvalue weighted by Gasteiger charge is 2.23. The van der Waals surface area contributed by atoms with Crippen LogP contribution in [0, 0.1) is 26.3 Å². The fourth-order valence-corrected chi connectivity index (χ4v) is 4.44. The van der Waals surface area contributed by atoms with Gasteiger partial charge in [-0.05, 0) is 69.3 Å². The maximum Gasteiger partial charge on any atom is 0.342 e. The van der Waals surface area contributed by atoms with E-state index in [1.165, 1.54) is 30.4 Å². The number of carbonyl (C=O) groups is 4. The van der Waals surface area contributed by atoms with E-state index in [2.05, 4.69) is 40.5 Å². The number of nitrogens with one attached hydrogen (secondary N) is 3. The Labute approximate surface area is 280 Å². The van der Waals surface area contributed by atoms with Crippen LogP contribution in [0.25, 0.3) is 4.85 Å². The number of carbonyl (C=O) groups excluding carboxylic acids is 4. The molecule has 0 aliphatic rings. The molecule has 0 saturated heterocycles. The summed E-state index contributed by atoms with van der Waals surface area (Å²) in [4.78, 5) is 54.8. The molecule has 0 fully saturated rings. The van der Waals surface area contributed by atoms with Gasteiger partial charge in [-0.15, -0.1) is 0 Å². The Morgan fingerprint density at radius 3 is 1.81 bits per heavy atom. The van der Waals surface area contributed by atoms with Gasteiger partial charge in [0.25, 0.3) is 11.8 Å². The predicted octanol–water partition coefficient (Wildman–Crippen LogP) is 6.77. The van der Waals surface area contributed by atoms with Gasteiger partial charge in [0.15, 0.2) is 0 Å². The number of nitrogens with zero attached hydrogens (tertiary/aromatic N) is 1. The summed E-state index contributed by atoms with van der Waals surface area (Å²) in [6, 6.07) is 12.5. The SMILES string of the molecule is [C-]#[N+]C[C@H](C)C(=O)Nc1ccc(C(=O)Nc2ccc(C(=O)Nc3ccc(C(=O)OCC=C)c(OCC=C)c3C)c(OCC=C)c2C)cc1. The van der Waals surface area contributed by atoms with Gasteiger partial charge in [-0.1, -0.05) is 38.0 Å². The molecule has 3 amide bonds. The first-order chi connectivity index (χ1) is 23.1. The van der Waals surface area contributed by atoms with E-state index < -0.39 is 23.7 Å². The Balaban J connectivity index is 1.86. The van der Waals surface area contributed by atoms with E-state index in [1.54, 1.807) is 57.2 Å². The predicted molar refractivity (Wildman–Crippen MR) is 186 cm³/mol. The van der Waals surface area contributed by atoms with Crippen LogP contribution in [0.1, 0.15) is 49.1 Å². The lowest BCUT2D eigenvalue weighted by Crippen LogP contribution is -2.22. The molecule has 0 heterocycles. The average Bonchev–Trinajstić information content (AvgIpc) is 3.07. The quantitative estimate of drug-likeness (QED) is 0.0884. The molecule has 0 saturated carbocycles. The van der Waals surface area contributed by atoms with Gasteiger partial charge in [-0.3, -0.25) is 14.4 Å². The standard InChI is InChI=1S/C37H38N4O7/c1-8-19-46-32-24(5)30(40-35(43)26-11-13-27(14-12-26)39-34(42)23(4)22-38-7)17-15-28(32)36(44)41-31-18-16-29(37(45)48-21-10-3)33(25(31)6)47-20-9-2/h8-18,23H,1-3,19-22H2,4-6H3,(H,39,42)(H,40,43)(H,41,44)/t23-/m0/s1. The zero-order valence-electron chi connectivity index (χ0n) is 27.2. The van der Waals surface area contributed by atoms with Crippen molar-refractivity contribution in [3.05, 3.63) is 126 Å². The van der Waals surface area contributed by atoms with Crippen LogP contribution >= 0.6 is 0 Å². The summed E-state index contributed by atoms with van der Waals surface area (Å²) in [6.07, 6.45) is 4.52. The first-order valence-electron chi connectivity index (χ1n) is 15.0. The van der Waals surface area contributed by atoms with Gasteiger partial charge in [0.05, 0.1) is 5.56 Å². The fourth-order valence-electron chi connectivity index (χ4n) is 4.44. The second kappa shape index (κ2) is 17.5. The molecule has 1 atom stereocenters. The second-order valence-electron chi connectivity index (χ2n) is 10.5. The van der Waals surface area contributed by atoms with Crippen molar-refractivity contribution in [2.24, 2.45) is 5.92 Å². The number of amides is 3. The summed E-state index contributed by atoms with van der Waals surface area (Å²) >= 11 is 0. The lowest BCUT2D eigenvalue weighted by atomic mass is 10.0. The number of hydrogen-bond donors (Lipinski definition) is 3. The molecule has 0 aliphatic heterocycles. The summed E-state index contributed by atoms with van der Waals surface area (Å²) in [5.74, 6) is -1.79. The lowest BCUT2D eigenvalue weighted by molar-refractivity contribution is -0.118. The van der Waals surface area contributed by atoms with Crippen LogP contribution in [0.3, 0.4) is 0 Å². The van der Waals surface area contributed by atoms with Crippen molar-refractivity contribution in [1.29, 1.82) is 0 Å². The molecule has 11 nitrogen and oxygen atoms in total. The summed E-state index contributed by atoms with van der Waals surface area (Å²) in [7, 11) is 0. The van der Waals surface area contributed by atoms with Crippen molar-refractivity contribution in [2.45, 2.75) is 20.8 Å².